The van der Waals surface area contributed by atoms with Gasteiger partial charge in [-0.1, -0.05) is 20.8 Å². The van der Waals surface area contributed by atoms with Crippen LogP contribution in [0.2, 0.25) is 0 Å². The third-order valence-electron chi connectivity index (χ3n) is 7.65. The largest absolute Gasteiger partial charge is 0.522 e. The number of aliphatic hydroxyl groups is 1. The van der Waals surface area contributed by atoms with Gasteiger partial charge >= 0.3 is 6.36 Å². The third kappa shape index (κ3) is 5.22. The minimum Gasteiger partial charge on any atom is -0.380 e. The molecule has 6 atom stereocenters. The molecule has 0 radical (unpaired) electrons. The Kier molecular flexibility index (Phi) is 7.07. The highest BCUT2D eigenvalue weighted by molar-refractivity contribution is 5.96. The number of hydrogen-bond acceptors (Lipinski definition) is 6. The number of alkyl halides is 3. The van der Waals surface area contributed by atoms with Crippen molar-refractivity contribution < 1.29 is 42.2 Å². The van der Waals surface area contributed by atoms with E-state index >= 15 is 0 Å². The van der Waals surface area contributed by atoms with Crippen molar-refractivity contribution in [3.63, 3.8) is 0 Å². The maximum atomic E-state index is 13.4. The van der Waals surface area contributed by atoms with Crippen LogP contribution in [0.3, 0.4) is 0 Å². The molecule has 2 heterocycles. The molecule has 3 N–H and O–H groups in total. The minimum atomic E-state index is -5.03. The number of piperidine rings is 1. The van der Waals surface area contributed by atoms with Gasteiger partial charge in [0.2, 0.25) is 11.8 Å². The van der Waals surface area contributed by atoms with Crippen molar-refractivity contribution in [3.05, 3.63) is 0 Å². The predicted octanol–water partition coefficient (Wildman–Crippen LogP) is 0.747. The lowest BCUT2D eigenvalue weighted by Gasteiger charge is -2.35. The topological polar surface area (TPSA) is 125 Å². The summed E-state index contributed by atoms with van der Waals surface area (Å²) in [5.41, 5.74) is -1.93. The number of ether oxygens (including phenoxy) is 1. The van der Waals surface area contributed by atoms with Crippen LogP contribution < -0.4 is 10.6 Å². The number of hydrogen-bond donors (Lipinski definition) is 3. The summed E-state index contributed by atoms with van der Waals surface area (Å²) < 4.78 is 41.1. The van der Waals surface area contributed by atoms with Crippen molar-refractivity contribution in [2.75, 3.05) is 19.7 Å². The Bertz CT molecular complexity index is 859. The summed E-state index contributed by atoms with van der Waals surface area (Å²) in [6.07, 6.45) is -4.70. The van der Waals surface area contributed by atoms with Crippen LogP contribution >= 0.6 is 0 Å². The molecule has 9 nitrogen and oxygen atoms in total. The molecule has 0 aromatic heterocycles. The molecular weight excluding hydrogens is 459 g/mol. The zero-order valence-corrected chi connectivity index (χ0v) is 19.7. The number of likely N-dealkylation sites (tertiary alicyclic amines) is 1. The Balaban J connectivity index is 1.80. The molecule has 1 aliphatic carbocycles. The van der Waals surface area contributed by atoms with Crippen molar-refractivity contribution in [1.82, 2.24) is 15.5 Å². The number of carbonyl (C=O) groups excluding carboxylic acids is 4. The molecule has 3 aliphatic rings. The lowest BCUT2D eigenvalue weighted by molar-refractivity contribution is -0.321. The van der Waals surface area contributed by atoms with Gasteiger partial charge in [-0.05, 0) is 43.4 Å². The number of ketones is 1. The van der Waals surface area contributed by atoms with Crippen molar-refractivity contribution in [1.29, 1.82) is 0 Å². The Hall–Kier alpha value is -2.21. The van der Waals surface area contributed by atoms with Crippen LogP contribution in [0.5, 0.6) is 0 Å². The molecule has 192 valence electrons. The zero-order valence-electron chi connectivity index (χ0n) is 19.7. The molecular formula is C22H32F3N3O6. The molecule has 0 bridgehead atoms. The van der Waals surface area contributed by atoms with E-state index in [2.05, 4.69) is 15.4 Å². The first-order valence-corrected chi connectivity index (χ1v) is 11.4. The number of nitrogens with one attached hydrogen (secondary N) is 2. The van der Waals surface area contributed by atoms with Gasteiger partial charge in [0, 0.05) is 19.0 Å². The van der Waals surface area contributed by atoms with Crippen molar-refractivity contribution in [3.8, 4) is 0 Å². The van der Waals surface area contributed by atoms with Crippen molar-refractivity contribution in [2.45, 2.75) is 71.0 Å². The number of halogens is 3. The smallest absolute Gasteiger partial charge is 0.380 e. The average Bonchev–Trinajstić information content (AvgIpc) is 3.11. The van der Waals surface area contributed by atoms with Crippen LogP contribution in [0.1, 0.15) is 47.0 Å². The van der Waals surface area contributed by atoms with Crippen molar-refractivity contribution >= 4 is 23.5 Å². The second-order valence-corrected chi connectivity index (χ2v) is 10.3. The summed E-state index contributed by atoms with van der Waals surface area (Å²) in [5.74, 6) is -3.52. The van der Waals surface area contributed by atoms with E-state index in [1.807, 2.05) is 13.8 Å². The number of nitrogens with zero attached hydrogens (tertiary/aromatic N) is 1. The van der Waals surface area contributed by atoms with Gasteiger partial charge in [0.15, 0.2) is 5.78 Å². The van der Waals surface area contributed by atoms with Crippen LogP contribution in [-0.4, -0.2) is 77.3 Å². The fourth-order valence-corrected chi connectivity index (χ4v) is 5.19. The summed E-state index contributed by atoms with van der Waals surface area (Å²) in [6.45, 7) is 6.21. The summed E-state index contributed by atoms with van der Waals surface area (Å²) in [6, 6.07) is -2.38. The number of fused-ring (bicyclic) bond motifs is 1. The molecule has 0 aromatic rings. The van der Waals surface area contributed by atoms with E-state index in [0.717, 1.165) is 0 Å². The predicted molar refractivity (Wildman–Crippen MR) is 112 cm³/mol. The molecule has 12 heteroatoms. The second kappa shape index (κ2) is 9.10. The molecule has 2 unspecified atom stereocenters. The van der Waals surface area contributed by atoms with Crippen LogP contribution in [-0.2, 0) is 23.9 Å². The SMILES string of the molecule is CCC(C)(O)C(=O)N1C[C@H]2[C@@H]([C@H]1C(=O)NC(C[C@@H]1CCNC1=O)C(=O)COC(F)(F)F)C2(C)C. The monoisotopic (exact) mass is 491 g/mol. The van der Waals surface area contributed by atoms with E-state index in [1.54, 1.807) is 6.92 Å². The summed E-state index contributed by atoms with van der Waals surface area (Å²) in [5, 5.41) is 15.6. The highest BCUT2D eigenvalue weighted by atomic mass is 19.4. The Morgan fingerprint density at radius 2 is 1.97 bits per heavy atom. The maximum Gasteiger partial charge on any atom is 0.522 e. The maximum absolute atomic E-state index is 13.4. The van der Waals surface area contributed by atoms with Gasteiger partial charge in [0.05, 0.1) is 6.04 Å². The molecule has 34 heavy (non-hydrogen) atoms. The molecule has 2 saturated heterocycles. The van der Waals surface area contributed by atoms with E-state index in [0.29, 0.717) is 13.0 Å². The summed E-state index contributed by atoms with van der Waals surface area (Å²) in [7, 11) is 0. The van der Waals surface area contributed by atoms with E-state index in [4.69, 9.17) is 0 Å². The first-order chi connectivity index (χ1) is 15.6. The fourth-order valence-electron chi connectivity index (χ4n) is 5.19. The Morgan fingerprint density at radius 1 is 1.32 bits per heavy atom. The van der Waals surface area contributed by atoms with Crippen molar-refractivity contribution in [2.24, 2.45) is 23.2 Å². The number of Topliss-reactive ketones (excluding diaryl/α,β-unsaturated/α-hetero) is 1. The highest BCUT2D eigenvalue weighted by Gasteiger charge is 2.70. The fraction of sp³-hybridized carbons (Fsp3) is 0.818. The first-order valence-electron chi connectivity index (χ1n) is 11.4. The van der Waals surface area contributed by atoms with E-state index in [-0.39, 0.29) is 42.5 Å². The lowest BCUT2D eigenvalue weighted by Crippen LogP contribution is -2.58. The van der Waals surface area contributed by atoms with E-state index in [9.17, 15) is 37.5 Å². The van der Waals surface area contributed by atoms with Crippen LogP contribution in [0, 0.1) is 23.2 Å². The molecule has 2 aliphatic heterocycles. The Labute approximate surface area is 195 Å². The number of rotatable bonds is 9. The Morgan fingerprint density at radius 3 is 2.50 bits per heavy atom. The minimum absolute atomic E-state index is 0.0168. The quantitative estimate of drug-likeness (QED) is 0.437. The number of amides is 3. The molecule has 1 saturated carbocycles. The summed E-state index contributed by atoms with van der Waals surface area (Å²) >= 11 is 0. The zero-order chi connectivity index (χ0) is 25.6. The second-order valence-electron chi connectivity index (χ2n) is 10.3. The molecule has 3 rings (SSSR count). The van der Waals surface area contributed by atoms with Gasteiger partial charge in [-0.15, -0.1) is 13.2 Å². The van der Waals surface area contributed by atoms with Crippen LogP contribution in [0.25, 0.3) is 0 Å². The lowest BCUT2D eigenvalue weighted by atomic mass is 9.94. The average molecular weight is 492 g/mol. The van der Waals surface area contributed by atoms with Gasteiger partial charge < -0.3 is 20.6 Å². The highest BCUT2D eigenvalue weighted by Crippen LogP contribution is 2.65. The van der Waals surface area contributed by atoms with Gasteiger partial charge in [0.1, 0.15) is 18.2 Å². The van der Waals surface area contributed by atoms with E-state index in [1.165, 1.54) is 11.8 Å². The standard InChI is InChI=1S/C22H32F3N3O6/c1-5-21(4,33)19(32)28-9-12-15(20(12,2)3)16(28)18(31)27-13(8-11-6-7-26-17(11)30)14(29)10-34-22(23,24)25/h11-13,15-16,33H,5-10H2,1-4H3,(H,26,30)(H,27,31)/t11-,12-,13?,15-,16-,21?/m0/s1. The molecule has 3 fully saturated rings. The third-order valence-corrected chi connectivity index (χ3v) is 7.65. The molecule has 0 aromatic carbocycles. The molecule has 3 amide bonds. The van der Waals surface area contributed by atoms with Gasteiger partial charge in [0.25, 0.3) is 5.91 Å². The van der Waals surface area contributed by atoms with Crippen LogP contribution in [0.4, 0.5) is 13.2 Å². The van der Waals surface area contributed by atoms with Gasteiger partial charge in [-0.25, -0.2) is 0 Å². The first kappa shape index (κ1) is 26.4. The van der Waals surface area contributed by atoms with E-state index < -0.39 is 54.2 Å². The van der Waals surface area contributed by atoms with Gasteiger partial charge in [-0.2, -0.15) is 0 Å². The number of carbonyl (C=O) groups is 4. The van der Waals surface area contributed by atoms with Crippen LogP contribution in [0.15, 0.2) is 0 Å². The normalized spacial score (nSPS) is 30.2. The van der Waals surface area contributed by atoms with Gasteiger partial charge in [-0.3, -0.25) is 23.9 Å². The summed E-state index contributed by atoms with van der Waals surface area (Å²) in [4.78, 5) is 52.2. The molecule has 0 spiro atoms.